The van der Waals surface area contributed by atoms with E-state index in [0.717, 1.165) is 32.4 Å². The van der Waals surface area contributed by atoms with Crippen molar-refractivity contribution in [1.29, 1.82) is 0 Å². The molecule has 0 spiro atoms. The van der Waals surface area contributed by atoms with Crippen LogP contribution in [-0.4, -0.2) is 40.5 Å². The van der Waals surface area contributed by atoms with E-state index in [9.17, 15) is 4.79 Å². The molecule has 1 fully saturated rings. The molecular weight excluding hydrogens is 334 g/mol. The lowest BCUT2D eigenvalue weighted by Crippen LogP contribution is -2.29. The van der Waals surface area contributed by atoms with Gasteiger partial charge in [0.2, 0.25) is 0 Å². The Morgan fingerprint density at radius 3 is 3.04 bits per heavy atom. The van der Waals surface area contributed by atoms with E-state index in [2.05, 4.69) is 50.6 Å². The van der Waals surface area contributed by atoms with Gasteiger partial charge in [-0.1, -0.05) is 23.4 Å². The van der Waals surface area contributed by atoms with Gasteiger partial charge in [0, 0.05) is 11.2 Å². The van der Waals surface area contributed by atoms with E-state index in [-0.39, 0.29) is 5.91 Å². The normalized spacial score (nSPS) is 15.5. The zero-order valence-corrected chi connectivity index (χ0v) is 14.8. The summed E-state index contributed by atoms with van der Waals surface area (Å²) in [5.74, 6) is -0.153. The number of thiophene rings is 1. The molecule has 6 nitrogen and oxygen atoms in total. The summed E-state index contributed by atoms with van der Waals surface area (Å²) < 4.78 is 3.12. The van der Waals surface area contributed by atoms with E-state index in [1.807, 2.05) is 4.68 Å². The number of hydrogen-bond donors (Lipinski definition) is 2. The van der Waals surface area contributed by atoms with Crippen LogP contribution in [0.2, 0.25) is 0 Å². The standard InChI is InChI=1S/C18H21N5OS/c24-18(16-11-23(22-21-16)14-6-8-19-9-7-14)20-10-5-13-12-25-17-4-2-1-3-15(13)17/h1-4,11-12,14,19H,5-10H2,(H,20,24). The maximum atomic E-state index is 12.3. The van der Waals surface area contributed by atoms with Gasteiger partial charge in [-0.25, -0.2) is 4.68 Å². The van der Waals surface area contributed by atoms with Gasteiger partial charge in [-0.15, -0.1) is 16.4 Å². The van der Waals surface area contributed by atoms with Gasteiger partial charge >= 0.3 is 0 Å². The zero-order chi connectivity index (χ0) is 17.1. The highest BCUT2D eigenvalue weighted by Gasteiger charge is 2.18. The number of carbonyl (C=O) groups excluding carboxylic acids is 1. The molecule has 4 rings (SSSR count). The van der Waals surface area contributed by atoms with E-state index in [0.29, 0.717) is 18.3 Å². The Labute approximate surface area is 150 Å². The molecule has 7 heteroatoms. The summed E-state index contributed by atoms with van der Waals surface area (Å²) in [5, 5.41) is 17.9. The first-order chi connectivity index (χ1) is 12.3. The van der Waals surface area contributed by atoms with Gasteiger partial charge in [-0.3, -0.25) is 4.79 Å². The Balaban J connectivity index is 1.34. The van der Waals surface area contributed by atoms with Crippen LogP contribution in [0.3, 0.4) is 0 Å². The molecule has 0 aliphatic carbocycles. The Hall–Kier alpha value is -2.25. The highest BCUT2D eigenvalue weighted by Crippen LogP contribution is 2.25. The lowest BCUT2D eigenvalue weighted by molar-refractivity contribution is 0.0949. The van der Waals surface area contributed by atoms with Gasteiger partial charge in [-0.05, 0) is 54.7 Å². The summed E-state index contributed by atoms with van der Waals surface area (Å²) in [7, 11) is 0. The number of benzene rings is 1. The van der Waals surface area contributed by atoms with E-state index in [1.54, 1.807) is 17.5 Å². The number of nitrogens with one attached hydrogen (secondary N) is 2. The quantitative estimate of drug-likeness (QED) is 0.737. The van der Waals surface area contributed by atoms with Crippen LogP contribution in [0.15, 0.2) is 35.8 Å². The van der Waals surface area contributed by atoms with Crippen LogP contribution < -0.4 is 10.6 Å². The summed E-state index contributed by atoms with van der Waals surface area (Å²) in [6.45, 7) is 2.57. The van der Waals surface area contributed by atoms with Crippen molar-refractivity contribution in [2.75, 3.05) is 19.6 Å². The average Bonchev–Trinajstić information content (AvgIpc) is 3.30. The van der Waals surface area contributed by atoms with Crippen LogP contribution in [0.1, 0.15) is 34.9 Å². The van der Waals surface area contributed by atoms with Crippen molar-refractivity contribution in [3.63, 3.8) is 0 Å². The molecule has 0 saturated carbocycles. The van der Waals surface area contributed by atoms with Crippen molar-refractivity contribution in [1.82, 2.24) is 25.6 Å². The highest BCUT2D eigenvalue weighted by molar-refractivity contribution is 7.17. The number of hydrogen-bond acceptors (Lipinski definition) is 5. The molecule has 1 aromatic carbocycles. The Kier molecular flexibility index (Phi) is 4.76. The van der Waals surface area contributed by atoms with Crippen molar-refractivity contribution < 1.29 is 4.79 Å². The molecule has 1 aliphatic heterocycles. The Bertz CT molecular complexity index is 865. The molecule has 130 valence electrons. The monoisotopic (exact) mass is 355 g/mol. The first kappa shape index (κ1) is 16.2. The number of amides is 1. The largest absolute Gasteiger partial charge is 0.350 e. The third-order valence-electron chi connectivity index (χ3n) is 4.67. The topological polar surface area (TPSA) is 71.8 Å². The smallest absolute Gasteiger partial charge is 0.273 e. The number of rotatable bonds is 5. The molecule has 3 heterocycles. The first-order valence-electron chi connectivity index (χ1n) is 8.67. The van der Waals surface area contributed by atoms with Gasteiger partial charge in [0.1, 0.15) is 0 Å². The van der Waals surface area contributed by atoms with Crippen LogP contribution in [0, 0.1) is 0 Å². The minimum absolute atomic E-state index is 0.153. The van der Waals surface area contributed by atoms with Gasteiger partial charge < -0.3 is 10.6 Å². The molecule has 0 atom stereocenters. The number of piperidine rings is 1. The van der Waals surface area contributed by atoms with Crippen LogP contribution in [-0.2, 0) is 6.42 Å². The molecule has 2 N–H and O–H groups in total. The first-order valence-corrected chi connectivity index (χ1v) is 9.55. The molecule has 25 heavy (non-hydrogen) atoms. The summed E-state index contributed by atoms with van der Waals surface area (Å²) in [6, 6.07) is 8.70. The summed E-state index contributed by atoms with van der Waals surface area (Å²) in [6.07, 6.45) is 4.63. The maximum absolute atomic E-state index is 12.3. The summed E-state index contributed by atoms with van der Waals surface area (Å²) in [5.41, 5.74) is 1.67. The number of carbonyl (C=O) groups is 1. The predicted octanol–water partition coefficient (Wildman–Crippen LogP) is 2.39. The molecular formula is C18H21N5OS. The van der Waals surface area contributed by atoms with Crippen LogP contribution in [0.5, 0.6) is 0 Å². The molecule has 2 aromatic heterocycles. The number of nitrogens with zero attached hydrogens (tertiary/aromatic N) is 3. The Morgan fingerprint density at radius 1 is 1.32 bits per heavy atom. The number of fused-ring (bicyclic) bond motifs is 1. The average molecular weight is 355 g/mol. The Morgan fingerprint density at radius 2 is 2.16 bits per heavy atom. The lowest BCUT2D eigenvalue weighted by Gasteiger charge is -2.22. The third-order valence-corrected chi connectivity index (χ3v) is 5.68. The second-order valence-electron chi connectivity index (χ2n) is 6.33. The minimum atomic E-state index is -0.153. The predicted molar refractivity (Wildman–Crippen MR) is 99.0 cm³/mol. The summed E-state index contributed by atoms with van der Waals surface area (Å²) in [4.78, 5) is 12.3. The van der Waals surface area contributed by atoms with Crippen LogP contribution in [0.4, 0.5) is 0 Å². The van der Waals surface area contributed by atoms with Crippen molar-refractivity contribution in [3.8, 4) is 0 Å². The van der Waals surface area contributed by atoms with Gasteiger partial charge in [0.05, 0.1) is 12.2 Å². The van der Waals surface area contributed by atoms with Crippen molar-refractivity contribution in [2.24, 2.45) is 0 Å². The van der Waals surface area contributed by atoms with Crippen molar-refractivity contribution >= 4 is 27.3 Å². The minimum Gasteiger partial charge on any atom is -0.350 e. The summed E-state index contributed by atoms with van der Waals surface area (Å²) >= 11 is 1.74. The molecule has 0 unspecified atom stereocenters. The van der Waals surface area contributed by atoms with E-state index in [4.69, 9.17) is 0 Å². The molecule has 3 aromatic rings. The zero-order valence-electron chi connectivity index (χ0n) is 13.9. The van der Waals surface area contributed by atoms with Crippen molar-refractivity contribution in [3.05, 3.63) is 47.1 Å². The van der Waals surface area contributed by atoms with E-state index in [1.165, 1.54) is 15.6 Å². The van der Waals surface area contributed by atoms with Gasteiger partial charge in [0.15, 0.2) is 5.69 Å². The fourth-order valence-electron chi connectivity index (χ4n) is 3.26. The van der Waals surface area contributed by atoms with Crippen molar-refractivity contribution in [2.45, 2.75) is 25.3 Å². The van der Waals surface area contributed by atoms with E-state index < -0.39 is 0 Å². The molecule has 1 aliphatic rings. The number of aromatic nitrogens is 3. The second kappa shape index (κ2) is 7.33. The lowest BCUT2D eigenvalue weighted by atomic mass is 10.1. The van der Waals surface area contributed by atoms with Gasteiger partial charge in [0.25, 0.3) is 5.91 Å². The van der Waals surface area contributed by atoms with Crippen LogP contribution >= 0.6 is 11.3 Å². The van der Waals surface area contributed by atoms with Gasteiger partial charge in [-0.2, -0.15) is 0 Å². The third kappa shape index (κ3) is 3.57. The SMILES string of the molecule is O=C(NCCc1csc2ccccc12)c1cn(C2CCNCC2)nn1. The fourth-order valence-corrected chi connectivity index (χ4v) is 4.26. The highest BCUT2D eigenvalue weighted by atomic mass is 32.1. The molecule has 1 saturated heterocycles. The molecule has 0 radical (unpaired) electrons. The second-order valence-corrected chi connectivity index (χ2v) is 7.24. The molecule has 1 amide bonds. The van der Waals surface area contributed by atoms with E-state index >= 15 is 0 Å². The molecule has 0 bridgehead atoms. The fraction of sp³-hybridized carbons (Fsp3) is 0.389. The van der Waals surface area contributed by atoms with Crippen LogP contribution in [0.25, 0.3) is 10.1 Å². The maximum Gasteiger partial charge on any atom is 0.273 e.